The molecule has 0 N–H and O–H groups in total. The third-order valence-electron chi connectivity index (χ3n) is 5.65. The molecule has 4 nitrogen and oxygen atoms in total. The third-order valence-corrected chi connectivity index (χ3v) is 5.90. The maximum atomic E-state index is 13.5. The van der Waals surface area contributed by atoms with Gasteiger partial charge in [-0.15, -0.1) is 0 Å². The fourth-order valence-corrected chi connectivity index (χ4v) is 4.34. The van der Waals surface area contributed by atoms with Gasteiger partial charge in [-0.05, 0) is 48.4 Å². The van der Waals surface area contributed by atoms with Crippen molar-refractivity contribution in [1.82, 2.24) is 0 Å². The summed E-state index contributed by atoms with van der Waals surface area (Å²) < 4.78 is 10.7. The van der Waals surface area contributed by atoms with Gasteiger partial charge in [-0.2, -0.15) is 0 Å². The number of hydrogen-bond acceptors (Lipinski definition) is 4. The van der Waals surface area contributed by atoms with E-state index in [1.54, 1.807) is 32.4 Å². The summed E-state index contributed by atoms with van der Waals surface area (Å²) in [5, 5.41) is 0.653. The first-order valence-corrected chi connectivity index (χ1v) is 10.7. The molecule has 0 bridgehead atoms. The summed E-state index contributed by atoms with van der Waals surface area (Å²) in [6.45, 7) is 1.89. The summed E-state index contributed by atoms with van der Waals surface area (Å²) in [4.78, 5) is 18.3. The number of halogens is 1. The number of benzene rings is 2. The number of aliphatic imine (C=N–C) groups is 1. The van der Waals surface area contributed by atoms with Gasteiger partial charge < -0.3 is 9.47 Å². The number of carbonyl (C=O) groups is 1. The first-order chi connectivity index (χ1) is 15.5. The number of ketones is 1. The molecule has 162 valence electrons. The first kappa shape index (κ1) is 21.8. The average Bonchev–Trinajstić information content (AvgIpc) is 2.82. The fourth-order valence-electron chi connectivity index (χ4n) is 4.13. The van der Waals surface area contributed by atoms with Crippen molar-refractivity contribution in [2.24, 2.45) is 10.9 Å². The molecule has 2 aromatic rings. The van der Waals surface area contributed by atoms with Gasteiger partial charge in [-0.1, -0.05) is 54.1 Å². The van der Waals surface area contributed by atoms with Gasteiger partial charge >= 0.3 is 0 Å². The van der Waals surface area contributed by atoms with Crippen LogP contribution >= 0.6 is 11.6 Å². The average molecular weight is 446 g/mol. The Bertz CT molecular complexity index is 1190. The lowest BCUT2D eigenvalue weighted by Gasteiger charge is -2.31. The molecule has 0 fully saturated rings. The lowest BCUT2D eigenvalue weighted by Crippen LogP contribution is -2.29. The highest BCUT2D eigenvalue weighted by Crippen LogP contribution is 2.40. The standard InChI is InChI=1S/C27H24ClNO3/c1-17-26(24(30)14-10-18-9-12-21(31-2)16-25(18)32-3)27(19-7-5-4-6-8-19)22-15-20(28)11-13-23(22)29-17/h4-16,22-23H,1-3H3/b14-10+. The number of dihydropyridines is 1. The van der Waals surface area contributed by atoms with Crippen LogP contribution < -0.4 is 9.47 Å². The van der Waals surface area contributed by atoms with Gasteiger partial charge in [0.1, 0.15) is 11.5 Å². The Kier molecular flexibility index (Phi) is 6.42. The Hall–Kier alpha value is -3.37. The Morgan fingerprint density at radius 2 is 1.88 bits per heavy atom. The van der Waals surface area contributed by atoms with E-state index in [1.807, 2.05) is 67.6 Å². The van der Waals surface area contributed by atoms with E-state index in [1.165, 1.54) is 0 Å². The van der Waals surface area contributed by atoms with Crippen LogP contribution in [0.3, 0.4) is 0 Å². The lowest BCUT2D eigenvalue weighted by molar-refractivity contribution is -0.110. The van der Waals surface area contributed by atoms with Crippen molar-refractivity contribution in [3.63, 3.8) is 0 Å². The quantitative estimate of drug-likeness (QED) is 0.521. The Morgan fingerprint density at radius 3 is 2.59 bits per heavy atom. The van der Waals surface area contributed by atoms with E-state index in [2.05, 4.69) is 0 Å². The molecular weight excluding hydrogens is 422 g/mol. The molecule has 0 radical (unpaired) electrons. The zero-order valence-corrected chi connectivity index (χ0v) is 19.0. The predicted molar refractivity (Wildman–Crippen MR) is 130 cm³/mol. The molecule has 1 aliphatic heterocycles. The minimum atomic E-state index is -0.111. The number of carbonyl (C=O) groups excluding carboxylic acids is 1. The van der Waals surface area contributed by atoms with Crippen LogP contribution in [0.1, 0.15) is 18.1 Å². The molecule has 0 amide bonds. The van der Waals surface area contributed by atoms with Crippen LogP contribution in [0.15, 0.2) is 88.4 Å². The van der Waals surface area contributed by atoms with Crippen LogP contribution in [0.5, 0.6) is 11.5 Å². The number of methoxy groups -OCH3 is 2. The van der Waals surface area contributed by atoms with Crippen molar-refractivity contribution in [1.29, 1.82) is 0 Å². The molecular formula is C27H24ClNO3. The second kappa shape index (κ2) is 9.41. The van der Waals surface area contributed by atoms with Crippen LogP contribution in [0.4, 0.5) is 0 Å². The normalized spacial score (nSPS) is 20.0. The van der Waals surface area contributed by atoms with Crippen LogP contribution in [0.2, 0.25) is 0 Å². The Morgan fingerprint density at radius 1 is 1.09 bits per heavy atom. The number of ether oxygens (including phenoxy) is 2. The highest BCUT2D eigenvalue weighted by atomic mass is 35.5. The van der Waals surface area contributed by atoms with Crippen LogP contribution in [0.25, 0.3) is 11.6 Å². The lowest BCUT2D eigenvalue weighted by atomic mass is 9.77. The van der Waals surface area contributed by atoms with E-state index < -0.39 is 0 Å². The van der Waals surface area contributed by atoms with Gasteiger partial charge in [0.05, 0.1) is 20.3 Å². The van der Waals surface area contributed by atoms with Gasteiger partial charge in [-0.3, -0.25) is 9.79 Å². The Labute approximate surface area is 193 Å². The van der Waals surface area contributed by atoms with E-state index in [0.717, 1.165) is 22.4 Å². The van der Waals surface area contributed by atoms with Gasteiger partial charge in [0, 0.05) is 33.9 Å². The van der Waals surface area contributed by atoms with E-state index in [-0.39, 0.29) is 17.7 Å². The first-order valence-electron chi connectivity index (χ1n) is 10.4. The van der Waals surface area contributed by atoms with Crippen molar-refractivity contribution >= 4 is 34.7 Å². The molecule has 2 atom stereocenters. The van der Waals surface area contributed by atoms with Crippen molar-refractivity contribution in [2.45, 2.75) is 13.0 Å². The molecule has 5 heteroatoms. The van der Waals surface area contributed by atoms with Crippen molar-refractivity contribution in [2.75, 3.05) is 14.2 Å². The maximum Gasteiger partial charge on any atom is 0.187 e. The smallest absolute Gasteiger partial charge is 0.187 e. The van der Waals surface area contributed by atoms with Crippen molar-refractivity contribution in [3.05, 3.63) is 94.6 Å². The number of allylic oxidation sites excluding steroid dienone is 4. The van der Waals surface area contributed by atoms with E-state index in [4.69, 9.17) is 26.1 Å². The molecule has 0 spiro atoms. The van der Waals surface area contributed by atoms with Crippen LogP contribution in [0, 0.1) is 5.92 Å². The topological polar surface area (TPSA) is 47.9 Å². The summed E-state index contributed by atoms with van der Waals surface area (Å²) in [5.74, 6) is 1.11. The summed E-state index contributed by atoms with van der Waals surface area (Å²) in [5.41, 5.74) is 4.05. The molecule has 2 aliphatic rings. The molecule has 2 aromatic carbocycles. The number of fused-ring (bicyclic) bond motifs is 1. The molecule has 32 heavy (non-hydrogen) atoms. The number of hydrogen-bond donors (Lipinski definition) is 0. The highest BCUT2D eigenvalue weighted by Gasteiger charge is 2.33. The molecule has 2 unspecified atom stereocenters. The SMILES string of the molecule is COc1ccc(/C=C/C(=O)C2=C(c3ccccc3)C3C=C(Cl)C=CC3N=C2C)c(OC)c1. The second-order valence-electron chi connectivity index (χ2n) is 7.60. The predicted octanol–water partition coefficient (Wildman–Crippen LogP) is 5.89. The zero-order valence-electron chi connectivity index (χ0n) is 18.2. The number of nitrogens with zero attached hydrogens (tertiary/aromatic N) is 1. The highest BCUT2D eigenvalue weighted by molar-refractivity contribution is 6.33. The molecule has 1 aliphatic carbocycles. The summed E-state index contributed by atoms with van der Waals surface area (Å²) in [6.07, 6.45) is 9.18. The summed E-state index contributed by atoms with van der Waals surface area (Å²) in [6, 6.07) is 15.4. The monoisotopic (exact) mass is 445 g/mol. The molecule has 0 aromatic heterocycles. The van der Waals surface area contributed by atoms with Crippen LogP contribution in [-0.2, 0) is 4.79 Å². The van der Waals surface area contributed by atoms with Gasteiger partial charge in [-0.25, -0.2) is 0 Å². The number of rotatable bonds is 6. The Balaban J connectivity index is 1.78. The maximum absolute atomic E-state index is 13.5. The van der Waals surface area contributed by atoms with E-state index >= 15 is 0 Å². The van der Waals surface area contributed by atoms with Crippen LogP contribution in [-0.4, -0.2) is 31.8 Å². The van der Waals surface area contributed by atoms with E-state index in [9.17, 15) is 4.79 Å². The second-order valence-corrected chi connectivity index (χ2v) is 8.04. The molecule has 0 saturated heterocycles. The minimum absolute atomic E-state index is 0.0742. The van der Waals surface area contributed by atoms with Gasteiger partial charge in [0.25, 0.3) is 0 Å². The van der Waals surface area contributed by atoms with E-state index in [0.29, 0.717) is 22.1 Å². The minimum Gasteiger partial charge on any atom is -0.497 e. The molecule has 1 heterocycles. The van der Waals surface area contributed by atoms with Crippen molar-refractivity contribution in [3.8, 4) is 11.5 Å². The zero-order chi connectivity index (χ0) is 22.7. The summed E-state index contributed by atoms with van der Waals surface area (Å²) in [7, 11) is 3.19. The summed E-state index contributed by atoms with van der Waals surface area (Å²) >= 11 is 6.33. The third kappa shape index (κ3) is 4.32. The van der Waals surface area contributed by atoms with Crippen molar-refractivity contribution < 1.29 is 14.3 Å². The van der Waals surface area contributed by atoms with Gasteiger partial charge in [0.15, 0.2) is 5.78 Å². The molecule has 0 saturated carbocycles. The molecule has 4 rings (SSSR count). The van der Waals surface area contributed by atoms with Gasteiger partial charge in [0.2, 0.25) is 0 Å². The largest absolute Gasteiger partial charge is 0.497 e. The fraction of sp³-hybridized carbons (Fsp3) is 0.185.